The Kier molecular flexibility index (Phi) is 8.09. The fourth-order valence-corrected chi connectivity index (χ4v) is 5.09. The van der Waals surface area contributed by atoms with Crippen molar-refractivity contribution in [3.05, 3.63) is 47.1 Å². The molecule has 3 rings (SSSR count). The zero-order valence-corrected chi connectivity index (χ0v) is 20.5. The predicted octanol–water partition coefficient (Wildman–Crippen LogP) is 5.62. The quantitative estimate of drug-likeness (QED) is 0.321. The highest BCUT2D eigenvalue weighted by molar-refractivity contribution is 7.99. The van der Waals surface area contributed by atoms with Gasteiger partial charge in [-0.1, -0.05) is 55.9 Å². The van der Waals surface area contributed by atoms with Gasteiger partial charge < -0.3 is 14.6 Å². The molecular weight excluding hydrogens is 444 g/mol. The van der Waals surface area contributed by atoms with Crippen LogP contribution >= 0.6 is 23.1 Å². The lowest BCUT2D eigenvalue weighted by atomic mass is 10.0. The Bertz CT molecular complexity index is 1070. The Morgan fingerprint density at radius 3 is 2.50 bits per heavy atom. The lowest BCUT2D eigenvalue weighted by Gasteiger charge is -2.15. The molecule has 0 aliphatic rings. The summed E-state index contributed by atoms with van der Waals surface area (Å²) in [7, 11) is 0. The second-order valence-electron chi connectivity index (χ2n) is 7.74. The fraction of sp³-hybridized carbons (Fsp3) is 0.391. The van der Waals surface area contributed by atoms with Crippen LogP contribution in [-0.2, 0) is 9.53 Å². The van der Waals surface area contributed by atoms with Crippen LogP contribution in [0.4, 0.5) is 5.00 Å². The van der Waals surface area contributed by atoms with E-state index in [-0.39, 0.29) is 30.2 Å². The van der Waals surface area contributed by atoms with Crippen LogP contribution in [0.25, 0.3) is 11.1 Å². The van der Waals surface area contributed by atoms with E-state index in [1.165, 1.54) is 23.1 Å². The van der Waals surface area contributed by atoms with Crippen molar-refractivity contribution in [3.63, 3.8) is 0 Å². The number of aromatic nitrogens is 3. The van der Waals surface area contributed by atoms with Crippen molar-refractivity contribution >= 4 is 40.0 Å². The first-order valence-electron chi connectivity index (χ1n) is 10.5. The van der Waals surface area contributed by atoms with Crippen LogP contribution in [-0.4, -0.2) is 39.0 Å². The van der Waals surface area contributed by atoms with Crippen LogP contribution in [0.3, 0.4) is 0 Å². The normalized spacial score (nSPS) is 11.2. The minimum absolute atomic E-state index is 0.157. The average Bonchev–Trinajstić information content (AvgIpc) is 3.37. The summed E-state index contributed by atoms with van der Waals surface area (Å²) in [5, 5.41) is 14.5. The summed E-state index contributed by atoms with van der Waals surface area (Å²) in [5.74, 6) is 0.633. The lowest BCUT2D eigenvalue weighted by Crippen LogP contribution is -2.17. The molecule has 9 heteroatoms. The molecule has 2 heterocycles. The van der Waals surface area contributed by atoms with Crippen LogP contribution < -0.4 is 5.32 Å². The molecule has 7 nitrogen and oxygen atoms in total. The molecule has 170 valence electrons. The van der Waals surface area contributed by atoms with E-state index >= 15 is 0 Å². The van der Waals surface area contributed by atoms with Gasteiger partial charge in [-0.25, -0.2) is 4.79 Å². The first-order valence-corrected chi connectivity index (χ1v) is 12.4. The van der Waals surface area contributed by atoms with Crippen molar-refractivity contribution in [1.29, 1.82) is 0 Å². The van der Waals surface area contributed by atoms with Gasteiger partial charge in [-0.3, -0.25) is 4.79 Å². The number of hydrogen-bond donors (Lipinski definition) is 1. The highest BCUT2D eigenvalue weighted by Crippen LogP contribution is 2.36. The Hall–Kier alpha value is -2.65. The molecule has 1 amide bonds. The molecule has 0 saturated carbocycles. The number of thiophene rings is 1. The van der Waals surface area contributed by atoms with Crippen molar-refractivity contribution in [2.75, 3.05) is 17.7 Å². The number of ether oxygens (including phenoxy) is 1. The summed E-state index contributed by atoms with van der Waals surface area (Å²) < 4.78 is 7.32. The highest BCUT2D eigenvalue weighted by Gasteiger charge is 2.23. The molecule has 0 saturated heterocycles. The first kappa shape index (κ1) is 24.0. The summed E-state index contributed by atoms with van der Waals surface area (Å²) in [6.07, 6.45) is 0. The van der Waals surface area contributed by atoms with Gasteiger partial charge in [-0.05, 0) is 26.3 Å². The summed E-state index contributed by atoms with van der Waals surface area (Å²) >= 11 is 2.65. The number of anilines is 1. The Balaban J connectivity index is 1.78. The minimum atomic E-state index is -0.448. The number of hydrogen-bond acceptors (Lipinski definition) is 7. The maximum Gasteiger partial charge on any atom is 0.341 e. The molecule has 0 atom stereocenters. The fourth-order valence-electron chi connectivity index (χ4n) is 3.24. The van der Waals surface area contributed by atoms with Crippen molar-refractivity contribution in [2.24, 2.45) is 0 Å². The van der Waals surface area contributed by atoms with E-state index in [9.17, 15) is 9.59 Å². The zero-order valence-electron chi connectivity index (χ0n) is 18.9. The molecule has 0 radical (unpaired) electrons. The minimum Gasteiger partial charge on any atom is -0.462 e. The number of esters is 1. The number of nitrogens with zero attached hydrogens (tertiary/aromatic N) is 3. The summed E-state index contributed by atoms with van der Waals surface area (Å²) in [6.45, 7) is 10.3. The number of nitrogens with one attached hydrogen (secondary N) is 1. The number of thioether (sulfide) groups is 1. The second-order valence-corrected chi connectivity index (χ2v) is 9.56. The summed E-state index contributed by atoms with van der Waals surface area (Å²) in [4.78, 5) is 25.4. The highest BCUT2D eigenvalue weighted by atomic mass is 32.2. The van der Waals surface area contributed by atoms with Crippen LogP contribution in [0, 0.1) is 0 Å². The third-order valence-corrected chi connectivity index (χ3v) is 6.50. The van der Waals surface area contributed by atoms with E-state index in [1.54, 1.807) is 6.92 Å². The van der Waals surface area contributed by atoms with E-state index in [2.05, 4.69) is 47.8 Å². The van der Waals surface area contributed by atoms with Gasteiger partial charge in [0.25, 0.3) is 0 Å². The molecule has 0 spiro atoms. The maximum atomic E-state index is 12.8. The van der Waals surface area contributed by atoms with Crippen molar-refractivity contribution in [3.8, 4) is 11.1 Å². The summed E-state index contributed by atoms with van der Waals surface area (Å²) in [6, 6.07) is 9.78. The third kappa shape index (κ3) is 5.39. The standard InChI is InChI=1S/C23H28N4O3S2/c1-6-30-22(29)19-17(16-10-8-7-9-11-16)12-31-21(19)24-18(28)13-32-23-26-25-20(14(2)3)27(23)15(4)5/h7-12,14-15H,6,13H2,1-5H3,(H,24,28). The Morgan fingerprint density at radius 2 is 1.88 bits per heavy atom. The number of amides is 1. The van der Waals surface area contributed by atoms with Gasteiger partial charge in [-0.2, -0.15) is 0 Å². The molecule has 3 aromatic rings. The van der Waals surface area contributed by atoms with E-state index in [0.29, 0.717) is 15.7 Å². The van der Waals surface area contributed by atoms with Gasteiger partial charge in [0.05, 0.1) is 12.4 Å². The topological polar surface area (TPSA) is 86.1 Å². The molecule has 2 aromatic heterocycles. The van der Waals surface area contributed by atoms with Crippen LogP contribution in [0.2, 0.25) is 0 Å². The number of carbonyl (C=O) groups is 2. The van der Waals surface area contributed by atoms with E-state index in [4.69, 9.17) is 4.74 Å². The molecule has 0 bridgehead atoms. The smallest absolute Gasteiger partial charge is 0.341 e. The van der Waals surface area contributed by atoms with Crippen LogP contribution in [0.5, 0.6) is 0 Å². The largest absolute Gasteiger partial charge is 0.462 e. The van der Waals surface area contributed by atoms with E-state index in [1.807, 2.05) is 35.7 Å². The molecular formula is C23H28N4O3S2. The molecule has 0 fully saturated rings. The van der Waals surface area contributed by atoms with Crippen LogP contribution in [0.15, 0.2) is 40.9 Å². The van der Waals surface area contributed by atoms with Crippen molar-refractivity contribution < 1.29 is 14.3 Å². The van der Waals surface area contributed by atoms with E-state index < -0.39 is 5.97 Å². The van der Waals surface area contributed by atoms with Crippen LogP contribution in [0.1, 0.15) is 62.8 Å². The lowest BCUT2D eigenvalue weighted by molar-refractivity contribution is -0.113. The zero-order chi connectivity index (χ0) is 23.3. The molecule has 0 aliphatic heterocycles. The maximum absolute atomic E-state index is 12.8. The average molecular weight is 473 g/mol. The third-order valence-electron chi connectivity index (χ3n) is 4.66. The number of rotatable bonds is 9. The summed E-state index contributed by atoms with van der Waals surface area (Å²) in [5.41, 5.74) is 2.03. The van der Waals surface area contributed by atoms with Gasteiger partial charge in [-0.15, -0.1) is 21.5 Å². The van der Waals surface area contributed by atoms with E-state index in [0.717, 1.165) is 17.0 Å². The predicted molar refractivity (Wildman–Crippen MR) is 130 cm³/mol. The van der Waals surface area contributed by atoms with Gasteiger partial charge in [0.15, 0.2) is 5.16 Å². The second kappa shape index (κ2) is 10.8. The molecule has 0 aliphatic carbocycles. The SMILES string of the molecule is CCOC(=O)c1c(-c2ccccc2)csc1NC(=O)CSc1nnc(C(C)C)n1C(C)C. The first-order chi connectivity index (χ1) is 15.3. The Morgan fingerprint density at radius 1 is 1.16 bits per heavy atom. The van der Waals surface area contributed by atoms with Crippen molar-refractivity contribution in [1.82, 2.24) is 14.8 Å². The monoisotopic (exact) mass is 472 g/mol. The Labute approximate surface area is 196 Å². The molecule has 32 heavy (non-hydrogen) atoms. The molecule has 1 N–H and O–H groups in total. The van der Waals surface area contributed by atoms with Gasteiger partial charge >= 0.3 is 5.97 Å². The number of benzene rings is 1. The molecule has 1 aromatic carbocycles. The number of carbonyl (C=O) groups excluding carboxylic acids is 2. The van der Waals surface area contributed by atoms with Gasteiger partial charge in [0.1, 0.15) is 16.4 Å². The van der Waals surface area contributed by atoms with Gasteiger partial charge in [0.2, 0.25) is 5.91 Å². The van der Waals surface area contributed by atoms with Crippen molar-refractivity contribution in [2.45, 2.75) is 51.7 Å². The molecule has 0 unspecified atom stereocenters. The van der Waals surface area contributed by atoms with Gasteiger partial charge in [0, 0.05) is 22.9 Å².